The summed E-state index contributed by atoms with van der Waals surface area (Å²) in [6.07, 6.45) is 3.29. The Morgan fingerprint density at radius 3 is 2.67 bits per heavy atom. The summed E-state index contributed by atoms with van der Waals surface area (Å²) in [5.41, 5.74) is -0.460. The van der Waals surface area contributed by atoms with Gasteiger partial charge in [0.25, 0.3) is 0 Å². The Labute approximate surface area is 88.9 Å². The Kier molecular flexibility index (Phi) is 2.61. The van der Waals surface area contributed by atoms with E-state index >= 15 is 0 Å². The minimum absolute atomic E-state index is 0.0318. The fourth-order valence-electron chi connectivity index (χ4n) is 2.33. The number of amides is 2. The zero-order chi connectivity index (χ0) is 10.9. The zero-order valence-corrected chi connectivity index (χ0v) is 8.70. The summed E-state index contributed by atoms with van der Waals surface area (Å²) in [5, 5.41) is 0. The number of hydrogen-bond acceptors (Lipinski definition) is 3. The molecule has 2 fully saturated rings. The molecule has 0 aromatic carbocycles. The number of carbonyl (C=O) groups is 2. The number of likely N-dealkylation sites (tertiary alicyclic amines) is 1. The predicted octanol–water partition coefficient (Wildman–Crippen LogP) is 0.728. The van der Waals surface area contributed by atoms with Gasteiger partial charge < -0.3 is 4.74 Å². The van der Waals surface area contributed by atoms with Gasteiger partial charge in [-0.25, -0.2) is 0 Å². The fraction of sp³-hybridized carbons (Fsp3) is 0.636. The van der Waals surface area contributed by atoms with Gasteiger partial charge in [-0.15, -0.1) is 6.58 Å². The first-order valence-electron chi connectivity index (χ1n) is 5.23. The summed E-state index contributed by atoms with van der Waals surface area (Å²) in [5.74, 6) is -0.0995. The average Bonchev–Trinajstić information content (AvgIpc) is 2.45. The van der Waals surface area contributed by atoms with Crippen LogP contribution in [0.4, 0.5) is 0 Å². The molecule has 4 nitrogen and oxygen atoms in total. The molecule has 0 unspecified atom stereocenters. The first-order chi connectivity index (χ1) is 7.19. The van der Waals surface area contributed by atoms with Gasteiger partial charge in [-0.1, -0.05) is 6.08 Å². The van der Waals surface area contributed by atoms with E-state index in [1.165, 1.54) is 4.90 Å². The maximum Gasteiger partial charge on any atom is 0.236 e. The number of ether oxygens (including phenoxy) is 1. The molecule has 0 N–H and O–H groups in total. The van der Waals surface area contributed by atoms with Gasteiger partial charge in [0.05, 0.1) is 5.41 Å². The SMILES string of the molecule is C=CCN1C(=O)CC2(CCOCC2)C1=O. The molecule has 2 aliphatic rings. The summed E-state index contributed by atoms with van der Waals surface area (Å²) in [6, 6.07) is 0. The van der Waals surface area contributed by atoms with Crippen molar-refractivity contribution < 1.29 is 14.3 Å². The zero-order valence-electron chi connectivity index (χ0n) is 8.70. The van der Waals surface area contributed by atoms with Crippen LogP contribution >= 0.6 is 0 Å². The quantitative estimate of drug-likeness (QED) is 0.497. The predicted molar refractivity (Wildman–Crippen MR) is 54.0 cm³/mol. The van der Waals surface area contributed by atoms with Crippen LogP contribution < -0.4 is 0 Å². The van der Waals surface area contributed by atoms with E-state index in [0.717, 1.165) is 0 Å². The van der Waals surface area contributed by atoms with Crippen LogP contribution in [0, 0.1) is 5.41 Å². The highest BCUT2D eigenvalue weighted by Gasteiger charge is 2.51. The van der Waals surface area contributed by atoms with Crippen LogP contribution in [0.5, 0.6) is 0 Å². The summed E-state index contributed by atoms with van der Waals surface area (Å²) >= 11 is 0. The van der Waals surface area contributed by atoms with Crippen molar-refractivity contribution in [3.63, 3.8) is 0 Å². The van der Waals surface area contributed by atoms with Crippen molar-refractivity contribution in [3.8, 4) is 0 Å². The first-order valence-corrected chi connectivity index (χ1v) is 5.23. The van der Waals surface area contributed by atoms with E-state index in [2.05, 4.69) is 6.58 Å². The molecule has 15 heavy (non-hydrogen) atoms. The molecule has 2 aliphatic heterocycles. The lowest BCUT2D eigenvalue weighted by molar-refractivity contribution is -0.143. The van der Waals surface area contributed by atoms with Gasteiger partial charge in [-0.3, -0.25) is 14.5 Å². The van der Waals surface area contributed by atoms with Crippen LogP contribution in [-0.4, -0.2) is 36.5 Å². The van der Waals surface area contributed by atoms with E-state index in [9.17, 15) is 9.59 Å². The van der Waals surface area contributed by atoms with Crippen molar-refractivity contribution in [1.29, 1.82) is 0 Å². The van der Waals surface area contributed by atoms with Gasteiger partial charge >= 0.3 is 0 Å². The lowest BCUT2D eigenvalue weighted by Gasteiger charge is -2.30. The Balaban J connectivity index is 2.19. The number of hydrogen-bond donors (Lipinski definition) is 0. The largest absolute Gasteiger partial charge is 0.381 e. The van der Waals surface area contributed by atoms with E-state index in [4.69, 9.17) is 4.74 Å². The van der Waals surface area contributed by atoms with Crippen molar-refractivity contribution in [3.05, 3.63) is 12.7 Å². The molecule has 2 heterocycles. The molecule has 0 aromatic heterocycles. The minimum Gasteiger partial charge on any atom is -0.381 e. The van der Waals surface area contributed by atoms with E-state index < -0.39 is 5.41 Å². The molecule has 2 saturated heterocycles. The molecule has 0 atom stereocenters. The number of imide groups is 1. The van der Waals surface area contributed by atoms with Gasteiger partial charge in [0.15, 0.2) is 0 Å². The van der Waals surface area contributed by atoms with Gasteiger partial charge in [-0.05, 0) is 12.8 Å². The van der Waals surface area contributed by atoms with Crippen molar-refractivity contribution in [1.82, 2.24) is 4.90 Å². The standard InChI is InChI=1S/C11H15NO3/c1-2-5-12-9(13)8-11(10(12)14)3-6-15-7-4-11/h2H,1,3-8H2. The van der Waals surface area contributed by atoms with Crippen LogP contribution in [0.3, 0.4) is 0 Å². The van der Waals surface area contributed by atoms with E-state index in [0.29, 0.717) is 39.0 Å². The molecule has 0 bridgehead atoms. The number of rotatable bonds is 2. The Hall–Kier alpha value is -1.16. The molecule has 0 saturated carbocycles. The highest BCUT2D eigenvalue weighted by Crippen LogP contribution is 2.41. The van der Waals surface area contributed by atoms with E-state index in [1.807, 2.05) is 0 Å². The lowest BCUT2D eigenvalue weighted by Crippen LogP contribution is -2.39. The first kappa shape index (κ1) is 10.4. The molecular formula is C11H15NO3. The van der Waals surface area contributed by atoms with Gasteiger partial charge in [0.1, 0.15) is 0 Å². The molecule has 2 rings (SSSR count). The molecule has 4 heteroatoms. The van der Waals surface area contributed by atoms with Crippen LogP contribution in [0.25, 0.3) is 0 Å². The lowest BCUT2D eigenvalue weighted by atomic mass is 9.79. The summed E-state index contributed by atoms with van der Waals surface area (Å²) in [4.78, 5) is 25.1. The van der Waals surface area contributed by atoms with Crippen LogP contribution in [0.15, 0.2) is 12.7 Å². The third-order valence-corrected chi connectivity index (χ3v) is 3.25. The van der Waals surface area contributed by atoms with E-state index in [-0.39, 0.29) is 11.8 Å². The highest BCUT2D eigenvalue weighted by atomic mass is 16.5. The van der Waals surface area contributed by atoms with Crippen molar-refractivity contribution >= 4 is 11.8 Å². The molecule has 0 aromatic rings. The van der Waals surface area contributed by atoms with Crippen LogP contribution in [0.2, 0.25) is 0 Å². The second-order valence-electron chi connectivity index (χ2n) is 4.17. The van der Waals surface area contributed by atoms with Gasteiger partial charge in [-0.2, -0.15) is 0 Å². The molecular weight excluding hydrogens is 194 g/mol. The molecule has 0 radical (unpaired) electrons. The minimum atomic E-state index is -0.460. The number of carbonyl (C=O) groups excluding carboxylic acids is 2. The summed E-state index contributed by atoms with van der Waals surface area (Å²) < 4.78 is 5.23. The highest BCUT2D eigenvalue weighted by molar-refractivity contribution is 6.06. The second-order valence-corrected chi connectivity index (χ2v) is 4.17. The van der Waals surface area contributed by atoms with Gasteiger partial charge in [0.2, 0.25) is 11.8 Å². The maximum absolute atomic E-state index is 12.1. The van der Waals surface area contributed by atoms with Gasteiger partial charge in [0, 0.05) is 26.2 Å². The Morgan fingerprint density at radius 1 is 1.40 bits per heavy atom. The fourth-order valence-corrected chi connectivity index (χ4v) is 2.33. The summed E-state index contributed by atoms with van der Waals surface area (Å²) in [6.45, 7) is 5.06. The van der Waals surface area contributed by atoms with Crippen LogP contribution in [0.1, 0.15) is 19.3 Å². The third-order valence-electron chi connectivity index (χ3n) is 3.25. The topological polar surface area (TPSA) is 46.6 Å². The van der Waals surface area contributed by atoms with E-state index in [1.54, 1.807) is 6.08 Å². The Bertz CT molecular complexity index is 305. The van der Waals surface area contributed by atoms with Crippen molar-refractivity contribution in [2.45, 2.75) is 19.3 Å². The monoisotopic (exact) mass is 209 g/mol. The Morgan fingerprint density at radius 2 is 2.07 bits per heavy atom. The molecule has 1 spiro atoms. The molecule has 2 amide bonds. The number of nitrogens with zero attached hydrogens (tertiary/aromatic N) is 1. The smallest absolute Gasteiger partial charge is 0.236 e. The maximum atomic E-state index is 12.1. The van der Waals surface area contributed by atoms with Crippen molar-refractivity contribution in [2.24, 2.45) is 5.41 Å². The third kappa shape index (κ3) is 1.59. The second kappa shape index (κ2) is 3.77. The normalized spacial score (nSPS) is 24.9. The average molecular weight is 209 g/mol. The van der Waals surface area contributed by atoms with Crippen molar-refractivity contribution in [2.75, 3.05) is 19.8 Å². The molecule has 0 aliphatic carbocycles. The molecule has 82 valence electrons. The van der Waals surface area contributed by atoms with Crippen LogP contribution in [-0.2, 0) is 14.3 Å². The summed E-state index contributed by atoms with van der Waals surface area (Å²) in [7, 11) is 0.